The Morgan fingerprint density at radius 3 is 2.00 bits per heavy atom. The van der Waals surface area contributed by atoms with E-state index in [1.165, 1.54) is 0 Å². The quantitative estimate of drug-likeness (QED) is 0.257. The van der Waals surface area contributed by atoms with Gasteiger partial charge >= 0.3 is 6.03 Å². The van der Waals surface area contributed by atoms with Crippen LogP contribution < -0.4 is 16.8 Å². The van der Waals surface area contributed by atoms with Crippen LogP contribution in [-0.4, -0.2) is 12.0 Å². The molecule has 0 aromatic rings. The lowest BCUT2D eigenvalue weighted by atomic mass is 10.9. The Bertz CT molecular complexity index is 85.9. The molecular weight excluding hydrogens is 96.0 g/mol. The minimum atomic E-state index is -0.937. The van der Waals surface area contributed by atoms with Crippen molar-refractivity contribution in [1.29, 1.82) is 5.41 Å². The number of nitrogens with two attached hydrogens (primary N) is 2. The summed E-state index contributed by atoms with van der Waals surface area (Å²) in [6.45, 7) is 0. The lowest BCUT2D eigenvalue weighted by Gasteiger charge is -1.87. The molecule has 5 nitrogen and oxygen atoms in total. The molecule has 7 heavy (non-hydrogen) atoms. The van der Waals surface area contributed by atoms with Crippen molar-refractivity contribution in [1.82, 2.24) is 5.32 Å². The highest BCUT2D eigenvalue weighted by molar-refractivity contribution is 5.92. The summed E-state index contributed by atoms with van der Waals surface area (Å²) in [4.78, 5) is 9.64. The zero-order valence-electron chi connectivity index (χ0n) is 3.51. The van der Waals surface area contributed by atoms with E-state index >= 15 is 0 Å². The zero-order valence-corrected chi connectivity index (χ0v) is 3.51. The summed E-state index contributed by atoms with van der Waals surface area (Å²) in [5.74, 6) is -0.562. The number of primary amides is 1. The molecule has 0 heterocycles. The molecule has 0 bridgehead atoms. The molecule has 5 N–H and O–H groups in total. The first-order chi connectivity index (χ1) is 3.13. The van der Waals surface area contributed by atoms with Gasteiger partial charge in [0.25, 0.3) is 0 Å². The fourth-order valence-corrected chi connectivity index (χ4v) is 0.119. The molecule has 0 aliphatic heterocycles. The normalized spacial score (nSPS) is 7.43. The van der Waals surface area contributed by atoms with Gasteiger partial charge in [-0.2, -0.15) is 5.32 Å². The Morgan fingerprint density at radius 1 is 1.57 bits per heavy atom. The number of guanidine groups is 1. The van der Waals surface area contributed by atoms with Crippen LogP contribution in [0.2, 0.25) is 0 Å². The van der Waals surface area contributed by atoms with Gasteiger partial charge in [-0.1, -0.05) is 0 Å². The molecule has 0 atom stereocenters. The molecule has 0 fully saturated rings. The molecule has 0 aromatic carbocycles. The van der Waals surface area contributed by atoms with E-state index in [-0.39, 0.29) is 0 Å². The topological polar surface area (TPSA) is 107 Å². The molecule has 0 saturated carbocycles. The Balaban J connectivity index is 3.32. The highest BCUT2D eigenvalue weighted by Crippen LogP contribution is 1.53. The maximum Gasteiger partial charge on any atom is 0.341 e. The third-order valence-electron chi connectivity index (χ3n) is 0.231. The van der Waals surface area contributed by atoms with Gasteiger partial charge in [0.2, 0.25) is 5.96 Å². The molecule has 0 aliphatic rings. The van der Waals surface area contributed by atoms with Crippen LogP contribution in [0, 0.1) is 5.41 Å². The summed E-state index contributed by atoms with van der Waals surface area (Å²) in [6, 6.07) is -0.937. The van der Waals surface area contributed by atoms with E-state index in [4.69, 9.17) is 5.41 Å². The lowest BCUT2D eigenvalue weighted by Crippen LogP contribution is -2.32. The summed E-state index contributed by atoms with van der Waals surface area (Å²) >= 11 is 0. The average Bonchev–Trinajstić information content (AvgIpc) is 1.27. The lowest BCUT2D eigenvalue weighted by molar-refractivity contribution is 0.252. The molecule has 1 radical (unpaired) electrons. The summed E-state index contributed by atoms with van der Waals surface area (Å²) in [6.07, 6.45) is 0. The number of hydrogen-bond acceptors (Lipinski definition) is 2. The molecule has 0 saturated heterocycles. The fraction of sp³-hybridized carbons (Fsp3) is 0. The molecule has 0 aromatic heterocycles. The van der Waals surface area contributed by atoms with Gasteiger partial charge in [0.15, 0.2) is 0 Å². The minimum Gasteiger partial charge on any atom is -0.368 e. The standard InChI is InChI=1S/C2H5N4O/c3-1(4)6-2(5)7/h(H3,3,4)(H2,5,7). The second-order valence-electron chi connectivity index (χ2n) is 0.835. The van der Waals surface area contributed by atoms with E-state index in [0.717, 1.165) is 0 Å². The monoisotopic (exact) mass is 101 g/mol. The van der Waals surface area contributed by atoms with Crippen LogP contribution in [0.5, 0.6) is 0 Å². The van der Waals surface area contributed by atoms with Gasteiger partial charge < -0.3 is 11.5 Å². The Labute approximate surface area is 40.2 Å². The van der Waals surface area contributed by atoms with Crippen molar-refractivity contribution in [3.8, 4) is 0 Å². The summed E-state index contributed by atoms with van der Waals surface area (Å²) in [5, 5.41) is 9.11. The predicted molar refractivity (Wildman–Crippen MR) is 23.6 cm³/mol. The van der Waals surface area contributed by atoms with Crippen molar-refractivity contribution in [2.45, 2.75) is 0 Å². The van der Waals surface area contributed by atoms with Crippen molar-refractivity contribution in [3.05, 3.63) is 0 Å². The number of nitrogens with zero attached hydrogens (tertiary/aromatic N) is 1. The molecular formula is C2H5N4O. The highest BCUT2D eigenvalue weighted by atomic mass is 16.2. The third kappa shape index (κ3) is 4.74. The Hall–Kier alpha value is -1.26. The van der Waals surface area contributed by atoms with Crippen LogP contribution in [0.4, 0.5) is 4.79 Å². The van der Waals surface area contributed by atoms with Gasteiger partial charge in [0.05, 0.1) is 0 Å². The van der Waals surface area contributed by atoms with E-state index < -0.39 is 12.0 Å². The summed E-state index contributed by atoms with van der Waals surface area (Å²) < 4.78 is 0. The van der Waals surface area contributed by atoms with Crippen LogP contribution in [-0.2, 0) is 0 Å². The number of nitrogens with one attached hydrogen (secondary N) is 1. The smallest absolute Gasteiger partial charge is 0.341 e. The number of rotatable bonds is 0. The molecule has 0 aliphatic carbocycles. The van der Waals surface area contributed by atoms with Crippen molar-refractivity contribution in [2.24, 2.45) is 11.5 Å². The molecule has 0 spiro atoms. The molecule has 0 unspecified atom stereocenters. The third-order valence-corrected chi connectivity index (χ3v) is 0.231. The maximum atomic E-state index is 9.64. The van der Waals surface area contributed by atoms with E-state index in [9.17, 15) is 4.79 Å². The predicted octanol–water partition coefficient (Wildman–Crippen LogP) is -1.44. The first kappa shape index (κ1) is 5.74. The van der Waals surface area contributed by atoms with E-state index in [2.05, 4.69) is 16.8 Å². The van der Waals surface area contributed by atoms with Crippen LogP contribution in [0.25, 0.3) is 0 Å². The molecule has 2 amide bonds. The Morgan fingerprint density at radius 2 is 2.00 bits per heavy atom. The van der Waals surface area contributed by atoms with Gasteiger partial charge in [-0.05, 0) is 0 Å². The van der Waals surface area contributed by atoms with Crippen molar-refractivity contribution in [2.75, 3.05) is 0 Å². The average molecular weight is 101 g/mol. The number of amides is 2. The summed E-state index contributed by atoms with van der Waals surface area (Å²) in [7, 11) is 0. The van der Waals surface area contributed by atoms with Gasteiger partial charge in [-0.3, -0.25) is 5.41 Å². The molecule has 39 valence electrons. The van der Waals surface area contributed by atoms with Gasteiger partial charge in [0, 0.05) is 0 Å². The largest absolute Gasteiger partial charge is 0.368 e. The highest BCUT2D eigenvalue weighted by Gasteiger charge is 1.92. The van der Waals surface area contributed by atoms with E-state index in [1.807, 2.05) is 0 Å². The fourth-order valence-electron chi connectivity index (χ4n) is 0.119. The first-order valence-electron chi connectivity index (χ1n) is 1.48. The maximum absolute atomic E-state index is 9.64. The van der Waals surface area contributed by atoms with Gasteiger partial charge in [-0.15, -0.1) is 0 Å². The van der Waals surface area contributed by atoms with Gasteiger partial charge in [0.1, 0.15) is 0 Å². The Kier molecular flexibility index (Phi) is 1.65. The molecule has 0 rings (SSSR count). The first-order valence-corrected chi connectivity index (χ1v) is 1.48. The van der Waals surface area contributed by atoms with Crippen LogP contribution in [0.1, 0.15) is 0 Å². The number of urea groups is 1. The van der Waals surface area contributed by atoms with Crippen LogP contribution >= 0.6 is 0 Å². The second-order valence-corrected chi connectivity index (χ2v) is 0.835. The van der Waals surface area contributed by atoms with Crippen molar-refractivity contribution >= 4 is 12.0 Å². The minimum absolute atomic E-state index is 0.562. The van der Waals surface area contributed by atoms with Crippen LogP contribution in [0.15, 0.2) is 0 Å². The SMILES string of the molecule is N=C(N)[N]C(N)=O. The summed E-state index contributed by atoms with van der Waals surface area (Å²) in [5.41, 5.74) is 9.08. The number of carbonyl (C=O) groups excluding carboxylic acids is 1. The van der Waals surface area contributed by atoms with Gasteiger partial charge in [-0.25, -0.2) is 4.79 Å². The van der Waals surface area contributed by atoms with Crippen molar-refractivity contribution in [3.63, 3.8) is 0 Å². The van der Waals surface area contributed by atoms with Crippen molar-refractivity contribution < 1.29 is 4.79 Å². The van der Waals surface area contributed by atoms with E-state index in [0.29, 0.717) is 0 Å². The second kappa shape index (κ2) is 2.01. The van der Waals surface area contributed by atoms with E-state index in [1.54, 1.807) is 0 Å². The molecule has 5 heteroatoms. The number of hydrogen-bond donors (Lipinski definition) is 3. The zero-order chi connectivity index (χ0) is 5.86. The number of carbonyl (C=O) groups is 1. The van der Waals surface area contributed by atoms with Crippen LogP contribution in [0.3, 0.4) is 0 Å².